The molecule has 0 aliphatic rings. The summed E-state index contributed by atoms with van der Waals surface area (Å²) in [5, 5.41) is 7.82. The number of aryl methyl sites for hydroxylation is 2. The van der Waals surface area contributed by atoms with Gasteiger partial charge in [-0.1, -0.05) is 43.7 Å². The van der Waals surface area contributed by atoms with E-state index in [0.29, 0.717) is 12.5 Å². The third-order valence-corrected chi connectivity index (χ3v) is 4.98. The standard InChI is InChI=1S/C19H28N4S.HI/c1-5-17-12-21-18(24-17)13-23-19(20-6-2)22-11-15(4)16-9-7-8-14(3)10-16;/h7-10,12,15H,5-6,11,13H2,1-4H3,(H2,20,22,23);1H. The second-order valence-corrected chi connectivity index (χ2v) is 7.16. The van der Waals surface area contributed by atoms with Crippen LogP contribution >= 0.6 is 35.3 Å². The van der Waals surface area contributed by atoms with Crippen LogP contribution in [0.2, 0.25) is 0 Å². The largest absolute Gasteiger partial charge is 0.357 e. The lowest BCUT2D eigenvalue weighted by Crippen LogP contribution is -2.39. The fraction of sp³-hybridized carbons (Fsp3) is 0.474. The van der Waals surface area contributed by atoms with Crippen molar-refractivity contribution in [2.45, 2.75) is 46.6 Å². The number of benzene rings is 1. The summed E-state index contributed by atoms with van der Waals surface area (Å²) in [5.41, 5.74) is 2.65. The highest BCUT2D eigenvalue weighted by Gasteiger charge is 2.07. The van der Waals surface area contributed by atoms with Crippen molar-refractivity contribution in [1.82, 2.24) is 15.6 Å². The molecule has 0 amide bonds. The van der Waals surface area contributed by atoms with Crippen molar-refractivity contribution < 1.29 is 0 Å². The van der Waals surface area contributed by atoms with Crippen molar-refractivity contribution in [3.8, 4) is 0 Å². The van der Waals surface area contributed by atoms with E-state index in [-0.39, 0.29) is 24.0 Å². The average molecular weight is 472 g/mol. The van der Waals surface area contributed by atoms with Gasteiger partial charge in [-0.25, -0.2) is 9.98 Å². The van der Waals surface area contributed by atoms with Gasteiger partial charge in [-0.05, 0) is 31.7 Å². The molecule has 0 aliphatic heterocycles. The first-order valence-corrected chi connectivity index (χ1v) is 9.46. The summed E-state index contributed by atoms with van der Waals surface area (Å²) in [5.74, 6) is 1.28. The van der Waals surface area contributed by atoms with Crippen LogP contribution in [-0.4, -0.2) is 24.0 Å². The number of aliphatic imine (C=N–C) groups is 1. The minimum absolute atomic E-state index is 0. The van der Waals surface area contributed by atoms with Crippen LogP contribution in [0.15, 0.2) is 35.5 Å². The van der Waals surface area contributed by atoms with Crippen LogP contribution < -0.4 is 10.6 Å². The number of rotatable bonds is 7. The second kappa shape index (κ2) is 11.5. The van der Waals surface area contributed by atoms with Gasteiger partial charge >= 0.3 is 0 Å². The second-order valence-electron chi connectivity index (χ2n) is 5.97. The normalized spacial score (nSPS) is 12.4. The number of thiazole rings is 1. The van der Waals surface area contributed by atoms with E-state index in [1.54, 1.807) is 11.3 Å². The first kappa shape index (κ1) is 21.9. The van der Waals surface area contributed by atoms with Gasteiger partial charge in [0.05, 0.1) is 6.54 Å². The van der Waals surface area contributed by atoms with E-state index in [0.717, 1.165) is 30.5 Å². The van der Waals surface area contributed by atoms with E-state index in [1.807, 2.05) is 6.20 Å². The van der Waals surface area contributed by atoms with Crippen LogP contribution in [0.5, 0.6) is 0 Å². The molecule has 0 spiro atoms. The number of guanidine groups is 1. The molecule has 0 saturated heterocycles. The van der Waals surface area contributed by atoms with Gasteiger partial charge in [-0.3, -0.25) is 0 Å². The van der Waals surface area contributed by atoms with Gasteiger partial charge in [0.1, 0.15) is 5.01 Å². The predicted molar refractivity (Wildman–Crippen MR) is 119 cm³/mol. The molecule has 0 fully saturated rings. The Balaban J connectivity index is 0.00000312. The Hall–Kier alpha value is -1.15. The van der Waals surface area contributed by atoms with E-state index in [2.05, 4.69) is 72.6 Å². The monoisotopic (exact) mass is 472 g/mol. The Morgan fingerprint density at radius 2 is 2.08 bits per heavy atom. The highest BCUT2D eigenvalue weighted by atomic mass is 127. The lowest BCUT2D eigenvalue weighted by Gasteiger charge is -2.16. The Kier molecular flexibility index (Phi) is 10.0. The number of nitrogens with one attached hydrogen (secondary N) is 2. The molecule has 4 nitrogen and oxygen atoms in total. The summed E-state index contributed by atoms with van der Waals surface area (Å²) >= 11 is 1.74. The number of hydrogen-bond acceptors (Lipinski definition) is 3. The molecule has 2 rings (SSSR count). The molecule has 25 heavy (non-hydrogen) atoms. The number of nitrogens with zero attached hydrogens (tertiary/aromatic N) is 2. The maximum Gasteiger partial charge on any atom is 0.191 e. The van der Waals surface area contributed by atoms with Crippen LogP contribution in [0.4, 0.5) is 0 Å². The molecular formula is C19H29IN4S. The minimum Gasteiger partial charge on any atom is -0.357 e. The van der Waals surface area contributed by atoms with Gasteiger partial charge in [0.2, 0.25) is 0 Å². The quantitative estimate of drug-likeness (QED) is 0.355. The predicted octanol–water partition coefficient (Wildman–Crippen LogP) is 4.49. The fourth-order valence-corrected chi connectivity index (χ4v) is 3.20. The maximum atomic E-state index is 4.66. The van der Waals surface area contributed by atoms with Crippen molar-refractivity contribution in [1.29, 1.82) is 0 Å². The van der Waals surface area contributed by atoms with Crippen molar-refractivity contribution >= 4 is 41.3 Å². The van der Waals surface area contributed by atoms with Gasteiger partial charge in [0.25, 0.3) is 0 Å². The van der Waals surface area contributed by atoms with E-state index < -0.39 is 0 Å². The zero-order valence-electron chi connectivity index (χ0n) is 15.5. The zero-order chi connectivity index (χ0) is 17.4. The molecule has 0 saturated carbocycles. The molecule has 0 bridgehead atoms. The third-order valence-electron chi connectivity index (χ3n) is 3.85. The van der Waals surface area contributed by atoms with E-state index >= 15 is 0 Å². The average Bonchev–Trinajstić information content (AvgIpc) is 3.05. The number of halogens is 1. The molecule has 1 heterocycles. The van der Waals surface area contributed by atoms with Crippen molar-refractivity contribution in [3.05, 3.63) is 51.5 Å². The molecule has 2 N–H and O–H groups in total. The molecule has 2 aromatic rings. The Bertz CT molecular complexity index is 669. The van der Waals surface area contributed by atoms with Crippen molar-refractivity contribution in [3.63, 3.8) is 0 Å². The van der Waals surface area contributed by atoms with Gasteiger partial charge in [-0.2, -0.15) is 0 Å². The highest BCUT2D eigenvalue weighted by molar-refractivity contribution is 14.0. The fourth-order valence-electron chi connectivity index (χ4n) is 2.42. The molecule has 138 valence electrons. The molecule has 6 heteroatoms. The van der Waals surface area contributed by atoms with Crippen LogP contribution in [-0.2, 0) is 13.0 Å². The lowest BCUT2D eigenvalue weighted by molar-refractivity contribution is 0.699. The van der Waals surface area contributed by atoms with Gasteiger partial charge in [0, 0.05) is 24.2 Å². The van der Waals surface area contributed by atoms with Crippen LogP contribution in [0, 0.1) is 6.92 Å². The minimum atomic E-state index is 0. The lowest BCUT2D eigenvalue weighted by atomic mass is 9.99. The number of aromatic nitrogens is 1. The molecule has 0 radical (unpaired) electrons. The van der Waals surface area contributed by atoms with Crippen LogP contribution in [0.1, 0.15) is 47.7 Å². The zero-order valence-corrected chi connectivity index (χ0v) is 18.7. The first-order chi connectivity index (χ1) is 11.6. The van der Waals surface area contributed by atoms with Crippen LogP contribution in [0.3, 0.4) is 0 Å². The van der Waals surface area contributed by atoms with Crippen LogP contribution in [0.25, 0.3) is 0 Å². The summed E-state index contributed by atoms with van der Waals surface area (Å²) in [7, 11) is 0. The molecule has 1 aromatic heterocycles. The van der Waals surface area contributed by atoms with Gasteiger partial charge in [-0.15, -0.1) is 35.3 Å². The Morgan fingerprint density at radius 3 is 2.72 bits per heavy atom. The van der Waals surface area contributed by atoms with Gasteiger partial charge < -0.3 is 10.6 Å². The molecular weight excluding hydrogens is 443 g/mol. The smallest absolute Gasteiger partial charge is 0.191 e. The molecule has 1 atom stereocenters. The number of hydrogen-bond donors (Lipinski definition) is 2. The molecule has 1 unspecified atom stereocenters. The Morgan fingerprint density at radius 1 is 1.28 bits per heavy atom. The summed E-state index contributed by atoms with van der Waals surface area (Å²) in [6.07, 6.45) is 2.99. The third kappa shape index (κ3) is 7.32. The highest BCUT2D eigenvalue weighted by Crippen LogP contribution is 2.16. The topological polar surface area (TPSA) is 49.3 Å². The van der Waals surface area contributed by atoms with E-state index in [9.17, 15) is 0 Å². The van der Waals surface area contributed by atoms with E-state index in [4.69, 9.17) is 0 Å². The van der Waals surface area contributed by atoms with Gasteiger partial charge in [0.15, 0.2) is 5.96 Å². The maximum absolute atomic E-state index is 4.66. The first-order valence-electron chi connectivity index (χ1n) is 8.64. The SMILES string of the molecule is CCNC(=NCc1ncc(CC)s1)NCC(C)c1cccc(C)c1.I. The van der Waals surface area contributed by atoms with E-state index in [1.165, 1.54) is 16.0 Å². The summed E-state index contributed by atoms with van der Waals surface area (Å²) < 4.78 is 0. The summed E-state index contributed by atoms with van der Waals surface area (Å²) in [6.45, 7) is 10.9. The van der Waals surface area contributed by atoms with Crippen molar-refractivity contribution in [2.24, 2.45) is 4.99 Å². The summed E-state index contributed by atoms with van der Waals surface area (Å²) in [4.78, 5) is 10.4. The van der Waals surface area contributed by atoms with Crippen molar-refractivity contribution in [2.75, 3.05) is 13.1 Å². The molecule has 1 aromatic carbocycles. The summed E-state index contributed by atoms with van der Waals surface area (Å²) in [6, 6.07) is 8.69. The molecule has 0 aliphatic carbocycles. The Labute approximate surface area is 172 Å².